The molecule has 2 aromatic carbocycles. The third-order valence-electron chi connectivity index (χ3n) is 4.79. The molecule has 0 aliphatic carbocycles. The molecule has 6 nitrogen and oxygen atoms in total. The maximum absolute atomic E-state index is 14.8. The van der Waals surface area contributed by atoms with Gasteiger partial charge in [-0.05, 0) is 24.3 Å². The van der Waals surface area contributed by atoms with E-state index >= 15 is 0 Å². The molecule has 4 aromatic rings. The minimum absolute atomic E-state index is 0.0498. The molecular weight excluding hydrogens is 378 g/mol. The second kappa shape index (κ2) is 7.05. The molecule has 0 bridgehead atoms. The first kappa shape index (κ1) is 18.7. The minimum Gasteiger partial charge on any atom is -0.494 e. The Balaban J connectivity index is 1.76. The molecule has 0 aliphatic rings. The van der Waals surface area contributed by atoms with Crippen molar-refractivity contribution in [1.29, 1.82) is 0 Å². The Morgan fingerprint density at radius 2 is 1.90 bits per heavy atom. The highest BCUT2D eigenvalue weighted by atomic mass is 19.1. The monoisotopic (exact) mass is 396 g/mol. The second-order valence-corrected chi connectivity index (χ2v) is 6.61. The molecule has 8 heteroatoms. The number of anilines is 1. The first-order chi connectivity index (χ1) is 13.9. The number of fused-ring (bicyclic) bond motifs is 1. The summed E-state index contributed by atoms with van der Waals surface area (Å²) >= 11 is 0. The molecule has 4 rings (SSSR count). The van der Waals surface area contributed by atoms with Crippen LogP contribution in [0.5, 0.6) is 5.75 Å². The summed E-state index contributed by atoms with van der Waals surface area (Å²) in [5.74, 6) is -2.13. The van der Waals surface area contributed by atoms with Crippen LogP contribution in [0.15, 0.2) is 48.7 Å². The second-order valence-electron chi connectivity index (χ2n) is 6.61. The number of halogens is 2. The van der Waals surface area contributed by atoms with Crippen molar-refractivity contribution in [2.45, 2.75) is 0 Å². The first-order valence-electron chi connectivity index (χ1n) is 8.82. The highest BCUT2D eigenvalue weighted by Crippen LogP contribution is 2.35. The Morgan fingerprint density at radius 3 is 2.62 bits per heavy atom. The van der Waals surface area contributed by atoms with Crippen LogP contribution in [-0.4, -0.2) is 27.4 Å². The van der Waals surface area contributed by atoms with Crippen LogP contribution in [0.25, 0.3) is 22.0 Å². The highest BCUT2D eigenvalue weighted by molar-refractivity contribution is 6.07. The van der Waals surface area contributed by atoms with Crippen LogP contribution in [0.3, 0.4) is 0 Å². The van der Waals surface area contributed by atoms with E-state index in [9.17, 15) is 13.6 Å². The molecule has 0 saturated carbocycles. The summed E-state index contributed by atoms with van der Waals surface area (Å²) < 4.78 is 37.3. The lowest BCUT2D eigenvalue weighted by Gasteiger charge is -2.10. The topological polar surface area (TPSA) is 61.1 Å². The number of nitrogens with one attached hydrogen (secondary N) is 1. The van der Waals surface area contributed by atoms with Crippen LogP contribution in [0.4, 0.5) is 14.6 Å². The zero-order chi connectivity index (χ0) is 20.7. The predicted octanol–water partition coefficient (Wildman–Crippen LogP) is 4.12. The number of aryl methyl sites for hydroxylation is 2. The van der Waals surface area contributed by atoms with Crippen molar-refractivity contribution < 1.29 is 18.3 Å². The number of rotatable bonds is 4. The lowest BCUT2D eigenvalue weighted by atomic mass is 10.1. The molecule has 0 atom stereocenters. The minimum atomic E-state index is -0.861. The lowest BCUT2D eigenvalue weighted by molar-refractivity contribution is 0.101. The molecule has 0 spiro atoms. The van der Waals surface area contributed by atoms with Gasteiger partial charge in [0.15, 0.2) is 17.4 Å². The fourth-order valence-corrected chi connectivity index (χ4v) is 3.38. The maximum Gasteiger partial charge on any atom is 0.273 e. The standard InChI is InChI=1S/C21H18F2N4O2/c1-26-11-13(18-14(22)8-9-17(29-3)19(18)23)20(25-26)24-21(28)16-10-12-6-4-5-7-15(12)27(16)2/h4-11H,1-3H3,(H,24,25,28). The molecule has 0 unspecified atom stereocenters. The fraction of sp³-hybridized carbons (Fsp3) is 0.143. The van der Waals surface area contributed by atoms with Gasteiger partial charge in [-0.1, -0.05) is 18.2 Å². The Bertz CT molecular complexity index is 1240. The maximum atomic E-state index is 14.8. The van der Waals surface area contributed by atoms with E-state index in [4.69, 9.17) is 4.74 Å². The molecule has 0 radical (unpaired) electrons. The molecule has 29 heavy (non-hydrogen) atoms. The molecular formula is C21H18F2N4O2. The van der Waals surface area contributed by atoms with Crippen molar-refractivity contribution in [2.24, 2.45) is 14.1 Å². The Kier molecular flexibility index (Phi) is 4.54. The molecule has 1 N–H and O–H groups in total. The van der Waals surface area contributed by atoms with Gasteiger partial charge >= 0.3 is 0 Å². The summed E-state index contributed by atoms with van der Waals surface area (Å²) in [5, 5.41) is 7.76. The van der Waals surface area contributed by atoms with E-state index in [0.29, 0.717) is 5.69 Å². The number of para-hydroxylation sites is 1. The summed E-state index contributed by atoms with van der Waals surface area (Å²) in [5.41, 5.74) is 1.09. The van der Waals surface area contributed by atoms with Crippen LogP contribution < -0.4 is 10.1 Å². The van der Waals surface area contributed by atoms with E-state index in [1.54, 1.807) is 24.7 Å². The van der Waals surface area contributed by atoms with Gasteiger partial charge in [0, 0.05) is 31.2 Å². The fourth-order valence-electron chi connectivity index (χ4n) is 3.38. The lowest BCUT2D eigenvalue weighted by Crippen LogP contribution is -2.16. The predicted molar refractivity (Wildman–Crippen MR) is 106 cm³/mol. The normalized spacial score (nSPS) is 11.1. The average Bonchev–Trinajstić information content (AvgIpc) is 3.22. The van der Waals surface area contributed by atoms with Gasteiger partial charge in [0.1, 0.15) is 11.5 Å². The Labute approximate surface area is 165 Å². The van der Waals surface area contributed by atoms with E-state index in [1.807, 2.05) is 24.3 Å². The van der Waals surface area contributed by atoms with Gasteiger partial charge in [0.05, 0.1) is 18.2 Å². The van der Waals surface area contributed by atoms with Crippen molar-refractivity contribution in [3.8, 4) is 16.9 Å². The molecule has 2 heterocycles. The van der Waals surface area contributed by atoms with Gasteiger partial charge in [-0.3, -0.25) is 9.48 Å². The van der Waals surface area contributed by atoms with Crippen LogP contribution in [-0.2, 0) is 14.1 Å². The largest absolute Gasteiger partial charge is 0.494 e. The number of nitrogens with zero attached hydrogens (tertiary/aromatic N) is 3. The number of benzene rings is 2. The highest BCUT2D eigenvalue weighted by Gasteiger charge is 2.23. The van der Waals surface area contributed by atoms with Crippen LogP contribution in [0.2, 0.25) is 0 Å². The number of carbonyl (C=O) groups excluding carboxylic acids is 1. The van der Waals surface area contributed by atoms with Gasteiger partial charge in [-0.25, -0.2) is 8.78 Å². The number of amides is 1. The summed E-state index contributed by atoms with van der Waals surface area (Å²) in [6.45, 7) is 0. The van der Waals surface area contributed by atoms with Gasteiger partial charge in [0.2, 0.25) is 0 Å². The number of aromatic nitrogens is 3. The quantitative estimate of drug-likeness (QED) is 0.565. The van der Waals surface area contributed by atoms with E-state index in [2.05, 4.69) is 10.4 Å². The molecule has 2 aromatic heterocycles. The van der Waals surface area contributed by atoms with Crippen molar-refractivity contribution in [1.82, 2.24) is 14.3 Å². The van der Waals surface area contributed by atoms with E-state index in [-0.39, 0.29) is 22.7 Å². The first-order valence-corrected chi connectivity index (χ1v) is 8.82. The smallest absolute Gasteiger partial charge is 0.273 e. The third-order valence-corrected chi connectivity index (χ3v) is 4.79. The molecule has 1 amide bonds. The third kappa shape index (κ3) is 3.12. The van der Waals surface area contributed by atoms with Crippen LogP contribution in [0, 0.1) is 11.6 Å². The van der Waals surface area contributed by atoms with Crippen molar-refractivity contribution in [3.05, 3.63) is 66.0 Å². The zero-order valence-corrected chi connectivity index (χ0v) is 16.0. The van der Waals surface area contributed by atoms with Crippen LogP contribution in [0.1, 0.15) is 10.5 Å². The average molecular weight is 396 g/mol. The zero-order valence-electron chi connectivity index (χ0n) is 16.0. The van der Waals surface area contributed by atoms with Gasteiger partial charge in [0.25, 0.3) is 5.91 Å². The van der Waals surface area contributed by atoms with Gasteiger partial charge < -0.3 is 14.6 Å². The SMILES string of the molecule is COc1ccc(F)c(-c2cn(C)nc2NC(=O)c2cc3ccccc3n2C)c1F. The Morgan fingerprint density at radius 1 is 1.14 bits per heavy atom. The summed E-state index contributed by atoms with van der Waals surface area (Å²) in [7, 11) is 4.68. The van der Waals surface area contributed by atoms with Crippen molar-refractivity contribution in [3.63, 3.8) is 0 Å². The summed E-state index contributed by atoms with van der Waals surface area (Å²) in [6.07, 6.45) is 1.44. The Hall–Kier alpha value is -3.68. The molecule has 0 saturated heterocycles. The van der Waals surface area contributed by atoms with Crippen molar-refractivity contribution in [2.75, 3.05) is 12.4 Å². The van der Waals surface area contributed by atoms with Gasteiger partial charge in [-0.15, -0.1) is 0 Å². The van der Waals surface area contributed by atoms with E-state index in [1.165, 1.54) is 24.1 Å². The van der Waals surface area contributed by atoms with E-state index < -0.39 is 17.5 Å². The number of hydrogen-bond acceptors (Lipinski definition) is 3. The molecule has 148 valence electrons. The molecule has 0 fully saturated rings. The van der Waals surface area contributed by atoms with E-state index in [0.717, 1.165) is 17.0 Å². The summed E-state index contributed by atoms with van der Waals surface area (Å²) in [6, 6.07) is 11.6. The number of hydrogen-bond donors (Lipinski definition) is 1. The number of methoxy groups -OCH3 is 1. The molecule has 0 aliphatic heterocycles. The number of carbonyl (C=O) groups is 1. The van der Waals surface area contributed by atoms with Crippen molar-refractivity contribution >= 4 is 22.6 Å². The number of ether oxygens (including phenoxy) is 1. The van der Waals surface area contributed by atoms with Gasteiger partial charge in [-0.2, -0.15) is 5.10 Å². The van der Waals surface area contributed by atoms with Crippen LogP contribution >= 0.6 is 0 Å². The summed E-state index contributed by atoms with van der Waals surface area (Å²) in [4.78, 5) is 12.9.